The topological polar surface area (TPSA) is 41.8 Å². The third kappa shape index (κ3) is 6.37. The summed E-state index contributed by atoms with van der Waals surface area (Å²) in [7, 11) is 1.60. The van der Waals surface area contributed by atoms with E-state index in [0.717, 1.165) is 19.4 Å². The molecule has 1 aliphatic heterocycles. The lowest BCUT2D eigenvalue weighted by molar-refractivity contribution is 0.153. The molecule has 1 heterocycles. The van der Waals surface area contributed by atoms with Gasteiger partial charge in [0, 0.05) is 13.3 Å². The number of allylic oxidation sites excluding steroid dienone is 8. The Morgan fingerprint density at radius 3 is 2.46 bits per heavy atom. The highest BCUT2D eigenvalue weighted by Gasteiger charge is 2.24. The second-order valence-corrected chi connectivity index (χ2v) is 8.92. The van der Waals surface area contributed by atoms with Crippen molar-refractivity contribution in [3.05, 3.63) is 118 Å². The third-order valence-corrected chi connectivity index (χ3v) is 6.58. The van der Waals surface area contributed by atoms with E-state index in [9.17, 15) is 0 Å². The van der Waals surface area contributed by atoms with E-state index < -0.39 is 0 Å². The van der Waals surface area contributed by atoms with Gasteiger partial charge in [-0.15, -0.1) is 0 Å². The highest BCUT2D eigenvalue weighted by molar-refractivity contribution is 6.10. The Labute approximate surface area is 210 Å². The first-order valence-corrected chi connectivity index (χ1v) is 12.2. The summed E-state index contributed by atoms with van der Waals surface area (Å²) >= 11 is 0. The number of aliphatic hydroxyl groups excluding tert-OH is 1. The van der Waals surface area contributed by atoms with Gasteiger partial charge in [0.05, 0.1) is 18.4 Å². The first-order valence-electron chi connectivity index (χ1n) is 12.2. The molecule has 35 heavy (non-hydrogen) atoms. The van der Waals surface area contributed by atoms with Crippen LogP contribution in [0.4, 0.5) is 0 Å². The fourth-order valence-electron chi connectivity index (χ4n) is 4.53. The van der Waals surface area contributed by atoms with Gasteiger partial charge in [-0.2, -0.15) is 0 Å². The molecule has 4 rings (SSSR count). The van der Waals surface area contributed by atoms with Gasteiger partial charge >= 0.3 is 0 Å². The minimum absolute atomic E-state index is 0.0139. The molecule has 0 aromatic heterocycles. The molecule has 0 saturated heterocycles. The van der Waals surface area contributed by atoms with Gasteiger partial charge < -0.3 is 9.84 Å². The average Bonchev–Trinajstić information content (AvgIpc) is 3.23. The Kier molecular flexibility index (Phi) is 9.22. The number of hydrogen-bond donors (Lipinski definition) is 1. The molecule has 182 valence electrons. The summed E-state index contributed by atoms with van der Waals surface area (Å²) in [5, 5.41) is 8.64. The van der Waals surface area contributed by atoms with Crippen LogP contribution in [0.15, 0.2) is 95.2 Å². The molecule has 1 unspecified atom stereocenters. The first kappa shape index (κ1) is 26.2. The number of ether oxygens (including phenoxy) is 1. The Morgan fingerprint density at radius 1 is 1.11 bits per heavy atom. The summed E-state index contributed by atoms with van der Waals surface area (Å²) in [6, 6.07) is 15.0. The summed E-state index contributed by atoms with van der Waals surface area (Å²) < 4.78 is 4.82. The van der Waals surface area contributed by atoms with Gasteiger partial charge in [-0.25, -0.2) is 0 Å². The van der Waals surface area contributed by atoms with Crippen molar-refractivity contribution in [2.24, 2.45) is 4.99 Å². The van der Waals surface area contributed by atoms with Crippen LogP contribution in [0.5, 0.6) is 0 Å². The maximum Gasteiger partial charge on any atom is 0.0877 e. The van der Waals surface area contributed by atoms with E-state index in [0.29, 0.717) is 5.76 Å². The minimum Gasteiger partial charge on any atom is -0.513 e. The van der Waals surface area contributed by atoms with Crippen molar-refractivity contribution in [1.82, 2.24) is 0 Å². The Bertz CT molecular complexity index is 1210. The molecule has 0 spiro atoms. The molecule has 0 saturated carbocycles. The maximum atomic E-state index is 8.64. The average molecular weight is 468 g/mol. The van der Waals surface area contributed by atoms with E-state index in [1.54, 1.807) is 20.1 Å². The molecule has 1 N–H and O–H groups in total. The normalized spacial score (nSPS) is 17.8. The molecule has 0 radical (unpaired) electrons. The van der Waals surface area contributed by atoms with E-state index in [4.69, 9.17) is 14.8 Å². The van der Waals surface area contributed by atoms with Crippen LogP contribution >= 0.6 is 0 Å². The van der Waals surface area contributed by atoms with Crippen LogP contribution in [0.2, 0.25) is 0 Å². The van der Waals surface area contributed by atoms with Gasteiger partial charge in [-0.1, -0.05) is 72.8 Å². The van der Waals surface area contributed by atoms with Gasteiger partial charge in [0.2, 0.25) is 0 Å². The van der Waals surface area contributed by atoms with Gasteiger partial charge in [-0.3, -0.25) is 4.99 Å². The van der Waals surface area contributed by atoms with Crippen molar-refractivity contribution >= 4 is 17.4 Å². The van der Waals surface area contributed by atoms with E-state index in [-0.39, 0.29) is 6.10 Å². The SMILES string of the molecule is C=CC1=C(/C(C)=C\C)Cc2c1ccc1c2C/C=C(/c2ccccc2)C=NC1.COC(C)/C=C(/C)O. The van der Waals surface area contributed by atoms with Crippen LogP contribution in [0, 0.1) is 0 Å². The van der Waals surface area contributed by atoms with Crippen molar-refractivity contribution in [2.45, 2.75) is 53.2 Å². The Hall–Kier alpha value is -3.43. The number of aliphatic imine (C=N–C) groups is 1. The van der Waals surface area contributed by atoms with Gasteiger partial charge in [-0.05, 0) is 91.1 Å². The summed E-state index contributed by atoms with van der Waals surface area (Å²) in [6.07, 6.45) is 12.2. The zero-order chi connectivity index (χ0) is 25.4. The molecule has 0 amide bonds. The first-order chi connectivity index (χ1) is 16.9. The lowest BCUT2D eigenvalue weighted by Gasteiger charge is -2.16. The van der Waals surface area contributed by atoms with Crippen LogP contribution in [-0.4, -0.2) is 24.5 Å². The van der Waals surface area contributed by atoms with E-state index >= 15 is 0 Å². The third-order valence-electron chi connectivity index (χ3n) is 6.58. The van der Waals surface area contributed by atoms with Crippen LogP contribution in [0.25, 0.3) is 11.1 Å². The molecule has 2 aliphatic rings. The zero-order valence-electron chi connectivity index (χ0n) is 21.6. The quantitative estimate of drug-likeness (QED) is 0.455. The predicted octanol–water partition coefficient (Wildman–Crippen LogP) is 7.84. The maximum absolute atomic E-state index is 8.64. The largest absolute Gasteiger partial charge is 0.513 e. The summed E-state index contributed by atoms with van der Waals surface area (Å²) in [4.78, 5) is 4.73. The molecule has 0 fully saturated rings. The van der Waals surface area contributed by atoms with Crippen LogP contribution in [0.1, 0.15) is 55.5 Å². The monoisotopic (exact) mass is 467 g/mol. The lowest BCUT2D eigenvalue weighted by Crippen LogP contribution is -2.03. The zero-order valence-corrected chi connectivity index (χ0v) is 21.6. The molecule has 1 aliphatic carbocycles. The summed E-state index contributed by atoms with van der Waals surface area (Å²) in [5.74, 6) is 0.305. The number of aliphatic hydroxyl groups is 1. The van der Waals surface area contributed by atoms with Gasteiger partial charge in [0.15, 0.2) is 0 Å². The van der Waals surface area contributed by atoms with Crippen LogP contribution in [-0.2, 0) is 24.1 Å². The lowest BCUT2D eigenvalue weighted by atomic mass is 9.91. The summed E-state index contributed by atoms with van der Waals surface area (Å²) in [6.45, 7) is 12.6. The highest BCUT2D eigenvalue weighted by Crippen LogP contribution is 2.40. The standard InChI is InChI=1S/C26H25N.C6H12O2/c1-4-18(3)25-15-26-23-13-11-20(19-9-7-6-8-10-19)16-27-17-21(23)12-14-24(26)22(25)5-2;1-5(7)4-6(2)8-3/h4-12,14,16H,2,13,15,17H2,1,3H3;4,6-7H,1-3H3/b18-4-,20-11+,27-16?;5-4-. The Morgan fingerprint density at radius 2 is 1.86 bits per heavy atom. The van der Waals surface area contributed by atoms with Crippen molar-refractivity contribution in [1.29, 1.82) is 0 Å². The molecule has 3 heteroatoms. The van der Waals surface area contributed by atoms with Gasteiger partial charge in [0.25, 0.3) is 0 Å². The molecular weight excluding hydrogens is 430 g/mol. The molecular formula is C32H37NO2. The van der Waals surface area contributed by atoms with Crippen molar-refractivity contribution in [2.75, 3.05) is 7.11 Å². The smallest absolute Gasteiger partial charge is 0.0877 e. The predicted molar refractivity (Wildman–Crippen MR) is 150 cm³/mol. The number of hydrogen-bond acceptors (Lipinski definition) is 3. The second kappa shape index (κ2) is 12.3. The van der Waals surface area contributed by atoms with Gasteiger partial charge in [0.1, 0.15) is 0 Å². The molecule has 2 aromatic carbocycles. The molecule has 2 aromatic rings. The fourth-order valence-corrected chi connectivity index (χ4v) is 4.53. The molecule has 3 nitrogen and oxygen atoms in total. The number of fused-ring (bicyclic) bond motifs is 3. The Balaban J connectivity index is 0.000000371. The highest BCUT2D eigenvalue weighted by atomic mass is 16.5. The van der Waals surface area contributed by atoms with E-state index in [1.165, 1.54) is 50.1 Å². The van der Waals surface area contributed by atoms with Crippen molar-refractivity contribution in [3.8, 4) is 0 Å². The van der Waals surface area contributed by atoms with E-state index in [1.807, 2.05) is 19.2 Å². The molecule has 0 bridgehead atoms. The number of benzene rings is 2. The van der Waals surface area contributed by atoms with Crippen molar-refractivity contribution < 1.29 is 9.84 Å². The fraction of sp³-hybridized carbons (Fsp3) is 0.281. The second-order valence-electron chi connectivity index (χ2n) is 8.92. The van der Waals surface area contributed by atoms with Crippen LogP contribution in [0.3, 0.4) is 0 Å². The number of nitrogens with zero attached hydrogens (tertiary/aromatic N) is 1. The number of methoxy groups -OCH3 is 1. The van der Waals surface area contributed by atoms with Crippen molar-refractivity contribution in [3.63, 3.8) is 0 Å². The minimum atomic E-state index is 0.0139. The summed E-state index contributed by atoms with van der Waals surface area (Å²) in [5.41, 5.74) is 12.1. The van der Waals surface area contributed by atoms with Crippen LogP contribution < -0.4 is 0 Å². The number of rotatable bonds is 5. The van der Waals surface area contributed by atoms with E-state index in [2.05, 4.69) is 75.0 Å². The molecule has 1 atom stereocenters.